The maximum absolute atomic E-state index is 5.58. The summed E-state index contributed by atoms with van der Waals surface area (Å²) in [6.07, 6.45) is 0.951. The molecule has 0 fully saturated rings. The molecule has 0 spiro atoms. The molecule has 72 valence electrons. The first-order chi connectivity index (χ1) is 6.30. The summed E-state index contributed by atoms with van der Waals surface area (Å²) in [6, 6.07) is 4.06. The Labute approximate surface area is 79.4 Å². The maximum Gasteiger partial charge on any atom is 0.126 e. The third-order valence-electron chi connectivity index (χ3n) is 1.89. The fourth-order valence-corrected chi connectivity index (χ4v) is 1.22. The number of nitrogens with one attached hydrogen (secondary N) is 1. The number of aryl methyl sites for hydroxylation is 1. The SMILES string of the molecule is CCNc1cc(CN)cc(CC)n1. The van der Waals surface area contributed by atoms with E-state index in [4.69, 9.17) is 5.73 Å². The fourth-order valence-electron chi connectivity index (χ4n) is 1.22. The average Bonchev–Trinajstić information content (AvgIpc) is 2.17. The Kier molecular flexibility index (Phi) is 3.71. The number of rotatable bonds is 4. The van der Waals surface area contributed by atoms with Crippen molar-refractivity contribution in [3.05, 3.63) is 23.4 Å². The average molecular weight is 179 g/mol. The molecule has 3 N–H and O–H groups in total. The van der Waals surface area contributed by atoms with Gasteiger partial charge in [0.1, 0.15) is 5.82 Å². The summed E-state index contributed by atoms with van der Waals surface area (Å²) in [4.78, 5) is 4.42. The Hall–Kier alpha value is -1.09. The normalized spacial score (nSPS) is 10.1. The number of hydrogen-bond acceptors (Lipinski definition) is 3. The number of anilines is 1. The van der Waals surface area contributed by atoms with Gasteiger partial charge in [0.15, 0.2) is 0 Å². The zero-order valence-corrected chi connectivity index (χ0v) is 8.30. The Morgan fingerprint density at radius 2 is 2.15 bits per heavy atom. The van der Waals surface area contributed by atoms with Gasteiger partial charge in [-0.2, -0.15) is 0 Å². The molecule has 0 aliphatic heterocycles. The van der Waals surface area contributed by atoms with Crippen molar-refractivity contribution in [2.45, 2.75) is 26.8 Å². The fraction of sp³-hybridized carbons (Fsp3) is 0.500. The predicted octanol–water partition coefficient (Wildman–Crippen LogP) is 1.53. The molecule has 13 heavy (non-hydrogen) atoms. The second kappa shape index (κ2) is 4.82. The number of hydrogen-bond donors (Lipinski definition) is 2. The van der Waals surface area contributed by atoms with Gasteiger partial charge in [0.2, 0.25) is 0 Å². The molecule has 0 amide bonds. The van der Waals surface area contributed by atoms with Gasteiger partial charge in [-0.25, -0.2) is 4.98 Å². The highest BCUT2D eigenvalue weighted by Crippen LogP contribution is 2.10. The molecule has 0 saturated heterocycles. The van der Waals surface area contributed by atoms with E-state index in [1.165, 1.54) is 0 Å². The van der Waals surface area contributed by atoms with Crippen molar-refractivity contribution >= 4 is 5.82 Å². The van der Waals surface area contributed by atoms with Crippen molar-refractivity contribution in [3.8, 4) is 0 Å². The van der Waals surface area contributed by atoms with Crippen LogP contribution in [0.5, 0.6) is 0 Å². The molecule has 0 atom stereocenters. The standard InChI is InChI=1S/C10H17N3/c1-3-9-5-8(7-11)6-10(13-9)12-4-2/h5-6H,3-4,7,11H2,1-2H3,(H,12,13). The highest BCUT2D eigenvalue weighted by atomic mass is 15.0. The molecule has 0 bridgehead atoms. The van der Waals surface area contributed by atoms with Crippen LogP contribution in [-0.4, -0.2) is 11.5 Å². The summed E-state index contributed by atoms with van der Waals surface area (Å²) in [6.45, 7) is 5.62. The van der Waals surface area contributed by atoms with Crippen LogP contribution in [0.25, 0.3) is 0 Å². The quantitative estimate of drug-likeness (QED) is 0.737. The first-order valence-corrected chi connectivity index (χ1v) is 4.74. The van der Waals surface area contributed by atoms with Gasteiger partial charge in [-0.3, -0.25) is 0 Å². The van der Waals surface area contributed by atoms with Crippen molar-refractivity contribution in [3.63, 3.8) is 0 Å². The Morgan fingerprint density at radius 1 is 1.38 bits per heavy atom. The van der Waals surface area contributed by atoms with Gasteiger partial charge in [-0.15, -0.1) is 0 Å². The number of aromatic nitrogens is 1. The lowest BCUT2D eigenvalue weighted by Crippen LogP contribution is -2.04. The molecule has 1 heterocycles. The molecule has 3 heteroatoms. The van der Waals surface area contributed by atoms with Crippen molar-refractivity contribution in [2.24, 2.45) is 5.73 Å². The largest absolute Gasteiger partial charge is 0.370 e. The van der Waals surface area contributed by atoms with Gasteiger partial charge in [-0.1, -0.05) is 6.92 Å². The number of nitrogens with two attached hydrogens (primary N) is 1. The monoisotopic (exact) mass is 179 g/mol. The first kappa shape index (κ1) is 9.99. The van der Waals surface area contributed by atoms with Crippen LogP contribution in [0.1, 0.15) is 25.1 Å². The summed E-state index contributed by atoms with van der Waals surface area (Å²) < 4.78 is 0. The minimum atomic E-state index is 0.577. The van der Waals surface area contributed by atoms with E-state index in [1.807, 2.05) is 6.07 Å². The molecule has 0 aromatic carbocycles. The molecule has 0 aliphatic rings. The van der Waals surface area contributed by atoms with Crippen LogP contribution in [0, 0.1) is 0 Å². The van der Waals surface area contributed by atoms with E-state index in [0.717, 1.165) is 30.0 Å². The van der Waals surface area contributed by atoms with Crippen LogP contribution in [0.2, 0.25) is 0 Å². The summed E-state index contributed by atoms with van der Waals surface area (Å²) in [5.41, 5.74) is 7.82. The first-order valence-electron chi connectivity index (χ1n) is 4.74. The van der Waals surface area contributed by atoms with Gasteiger partial charge in [-0.05, 0) is 31.0 Å². The predicted molar refractivity (Wildman–Crippen MR) is 55.7 cm³/mol. The van der Waals surface area contributed by atoms with Crippen LogP contribution in [0.4, 0.5) is 5.82 Å². The molecular weight excluding hydrogens is 162 g/mol. The van der Waals surface area contributed by atoms with Crippen molar-refractivity contribution in [2.75, 3.05) is 11.9 Å². The second-order valence-corrected chi connectivity index (χ2v) is 2.94. The summed E-state index contributed by atoms with van der Waals surface area (Å²) in [7, 11) is 0. The minimum Gasteiger partial charge on any atom is -0.370 e. The molecule has 0 saturated carbocycles. The Balaban J connectivity index is 2.93. The maximum atomic E-state index is 5.58. The van der Waals surface area contributed by atoms with E-state index in [0.29, 0.717) is 6.54 Å². The van der Waals surface area contributed by atoms with E-state index >= 15 is 0 Å². The van der Waals surface area contributed by atoms with Gasteiger partial charge >= 0.3 is 0 Å². The topological polar surface area (TPSA) is 50.9 Å². The number of pyridine rings is 1. The minimum absolute atomic E-state index is 0.577. The van der Waals surface area contributed by atoms with Crippen LogP contribution in [0.15, 0.2) is 12.1 Å². The van der Waals surface area contributed by atoms with Gasteiger partial charge < -0.3 is 11.1 Å². The van der Waals surface area contributed by atoms with Crippen molar-refractivity contribution < 1.29 is 0 Å². The molecule has 1 aromatic rings. The lowest BCUT2D eigenvalue weighted by molar-refractivity contribution is 0.984. The molecule has 0 unspecified atom stereocenters. The highest BCUT2D eigenvalue weighted by molar-refractivity contribution is 5.39. The van der Waals surface area contributed by atoms with Crippen LogP contribution in [0.3, 0.4) is 0 Å². The Bertz CT molecular complexity index is 249. The van der Waals surface area contributed by atoms with Crippen molar-refractivity contribution in [1.82, 2.24) is 4.98 Å². The van der Waals surface area contributed by atoms with E-state index < -0.39 is 0 Å². The van der Waals surface area contributed by atoms with Gasteiger partial charge in [0.25, 0.3) is 0 Å². The summed E-state index contributed by atoms with van der Waals surface area (Å²) in [5, 5.41) is 3.19. The molecule has 0 radical (unpaired) electrons. The molecule has 0 aliphatic carbocycles. The van der Waals surface area contributed by atoms with Crippen LogP contribution in [-0.2, 0) is 13.0 Å². The summed E-state index contributed by atoms with van der Waals surface area (Å²) in [5.74, 6) is 0.933. The lowest BCUT2D eigenvalue weighted by Gasteiger charge is -2.07. The van der Waals surface area contributed by atoms with Gasteiger partial charge in [0.05, 0.1) is 0 Å². The Morgan fingerprint density at radius 3 is 2.69 bits per heavy atom. The van der Waals surface area contributed by atoms with E-state index in [-0.39, 0.29) is 0 Å². The molecule has 1 aromatic heterocycles. The third-order valence-corrected chi connectivity index (χ3v) is 1.89. The molecular formula is C10H17N3. The number of nitrogens with zero attached hydrogens (tertiary/aromatic N) is 1. The van der Waals surface area contributed by atoms with Gasteiger partial charge in [0, 0.05) is 18.8 Å². The van der Waals surface area contributed by atoms with Crippen LogP contribution >= 0.6 is 0 Å². The molecule has 1 rings (SSSR count). The smallest absolute Gasteiger partial charge is 0.126 e. The highest BCUT2D eigenvalue weighted by Gasteiger charge is 1.99. The zero-order valence-electron chi connectivity index (χ0n) is 8.30. The van der Waals surface area contributed by atoms with E-state index in [2.05, 4.69) is 30.2 Å². The second-order valence-electron chi connectivity index (χ2n) is 2.94. The zero-order chi connectivity index (χ0) is 9.68. The summed E-state index contributed by atoms with van der Waals surface area (Å²) >= 11 is 0. The molecule has 3 nitrogen and oxygen atoms in total. The lowest BCUT2D eigenvalue weighted by atomic mass is 10.2. The van der Waals surface area contributed by atoms with Crippen molar-refractivity contribution in [1.29, 1.82) is 0 Å². The van der Waals surface area contributed by atoms with Crippen LogP contribution < -0.4 is 11.1 Å². The third kappa shape index (κ3) is 2.70. The van der Waals surface area contributed by atoms with E-state index in [1.54, 1.807) is 0 Å². The van der Waals surface area contributed by atoms with E-state index in [9.17, 15) is 0 Å².